The van der Waals surface area contributed by atoms with Crippen molar-refractivity contribution >= 4 is 17.8 Å². The monoisotopic (exact) mass is 501 g/mol. The summed E-state index contributed by atoms with van der Waals surface area (Å²) in [4.78, 5) is 36.9. The Hall–Kier alpha value is -3.43. The molecule has 196 valence electrons. The molecule has 1 aliphatic rings. The maximum Gasteiger partial charge on any atom is 0.404 e. The molecule has 9 nitrogen and oxygen atoms in total. The quantitative estimate of drug-likeness (QED) is 0.554. The fourth-order valence-electron chi connectivity index (χ4n) is 4.32. The smallest absolute Gasteiger partial charge is 0.404 e. The first kappa shape index (κ1) is 27.2. The number of benzene rings is 1. The van der Waals surface area contributed by atoms with Gasteiger partial charge in [0.15, 0.2) is 11.6 Å². The summed E-state index contributed by atoms with van der Waals surface area (Å²) in [7, 11) is 0. The van der Waals surface area contributed by atoms with Crippen molar-refractivity contribution in [1.29, 1.82) is 0 Å². The molecule has 0 spiro atoms. The van der Waals surface area contributed by atoms with Crippen molar-refractivity contribution in [2.45, 2.75) is 72.5 Å². The van der Waals surface area contributed by atoms with Gasteiger partial charge in [-0.3, -0.25) is 4.79 Å². The Kier molecular flexibility index (Phi) is 8.37. The number of hydrogen-bond acceptors (Lipinski definition) is 6. The number of nitrogens with one attached hydrogen (secondary N) is 1. The molecule has 1 fully saturated rings. The summed E-state index contributed by atoms with van der Waals surface area (Å²) in [5, 5.41) is 11.5. The van der Waals surface area contributed by atoms with Gasteiger partial charge in [-0.2, -0.15) is 0 Å². The second kappa shape index (κ2) is 11.1. The summed E-state index contributed by atoms with van der Waals surface area (Å²) in [6, 6.07) is 3.55. The van der Waals surface area contributed by atoms with E-state index in [0.29, 0.717) is 37.5 Å². The molecule has 3 rings (SSSR count). The van der Waals surface area contributed by atoms with Crippen LogP contribution in [0.3, 0.4) is 0 Å². The molecule has 1 atom stereocenters. The topological polar surface area (TPSA) is 108 Å². The van der Waals surface area contributed by atoms with Crippen molar-refractivity contribution in [3.05, 3.63) is 42.1 Å². The van der Waals surface area contributed by atoms with Gasteiger partial charge in [0.1, 0.15) is 17.9 Å². The zero-order chi connectivity index (χ0) is 26.6. The van der Waals surface area contributed by atoms with E-state index in [0.717, 1.165) is 0 Å². The highest BCUT2D eigenvalue weighted by atomic mass is 19.1. The Balaban J connectivity index is 1.90. The molecule has 0 aliphatic carbocycles. The van der Waals surface area contributed by atoms with Crippen molar-refractivity contribution in [1.82, 2.24) is 20.2 Å². The van der Waals surface area contributed by atoms with E-state index in [1.165, 1.54) is 30.7 Å². The van der Waals surface area contributed by atoms with E-state index >= 15 is 0 Å². The molecular weight excluding hydrogens is 465 g/mol. The van der Waals surface area contributed by atoms with Gasteiger partial charge in [0.05, 0.1) is 11.8 Å². The minimum atomic E-state index is -1.04. The van der Waals surface area contributed by atoms with E-state index in [-0.39, 0.29) is 40.8 Å². The number of amides is 2. The van der Waals surface area contributed by atoms with Crippen LogP contribution in [0.4, 0.5) is 15.0 Å². The van der Waals surface area contributed by atoms with Crippen LogP contribution in [-0.2, 0) is 0 Å². The summed E-state index contributed by atoms with van der Waals surface area (Å²) in [5.74, 6) is 0.232. The van der Waals surface area contributed by atoms with Crippen LogP contribution in [0.1, 0.15) is 64.7 Å². The number of carbonyl (C=O) groups excluding carboxylic acids is 1. The molecule has 0 radical (unpaired) electrons. The van der Waals surface area contributed by atoms with Crippen LogP contribution >= 0.6 is 0 Å². The number of carbonyl (C=O) groups is 2. The Morgan fingerprint density at radius 3 is 2.44 bits per heavy atom. The van der Waals surface area contributed by atoms with Gasteiger partial charge in [0, 0.05) is 31.2 Å². The predicted octanol–water partition coefficient (Wildman–Crippen LogP) is 4.93. The lowest BCUT2D eigenvalue weighted by molar-refractivity contribution is 0.0456. The second-order valence-electron chi connectivity index (χ2n) is 10.5. The zero-order valence-corrected chi connectivity index (χ0v) is 21.8. The van der Waals surface area contributed by atoms with Crippen LogP contribution in [0.5, 0.6) is 11.5 Å². The molecule has 0 saturated carbocycles. The Labute approximate surface area is 211 Å². The van der Waals surface area contributed by atoms with Crippen molar-refractivity contribution in [3.63, 3.8) is 0 Å². The van der Waals surface area contributed by atoms with Crippen LogP contribution in [0.2, 0.25) is 0 Å². The highest BCUT2D eigenvalue weighted by molar-refractivity contribution is 5.97. The summed E-state index contributed by atoms with van der Waals surface area (Å²) in [6.45, 7) is 13.2. The lowest BCUT2D eigenvalue weighted by Gasteiger charge is -2.40. The molecule has 0 bridgehead atoms. The van der Waals surface area contributed by atoms with Crippen molar-refractivity contribution in [3.8, 4) is 11.5 Å². The van der Waals surface area contributed by atoms with E-state index in [2.05, 4.69) is 36.1 Å². The normalized spacial score (nSPS) is 15.5. The fourth-order valence-corrected chi connectivity index (χ4v) is 4.32. The molecule has 1 aliphatic heterocycles. The van der Waals surface area contributed by atoms with Gasteiger partial charge in [-0.1, -0.05) is 20.8 Å². The summed E-state index contributed by atoms with van der Waals surface area (Å²) in [5.41, 5.74) is -0.0601. The van der Waals surface area contributed by atoms with E-state index < -0.39 is 11.9 Å². The van der Waals surface area contributed by atoms with Crippen molar-refractivity contribution in [2.75, 3.05) is 18.0 Å². The Bertz CT molecular complexity index is 1080. The summed E-state index contributed by atoms with van der Waals surface area (Å²) in [6.07, 6.45) is 3.11. The largest absolute Gasteiger partial charge is 0.465 e. The van der Waals surface area contributed by atoms with Gasteiger partial charge >= 0.3 is 6.09 Å². The molecule has 2 amide bonds. The third kappa shape index (κ3) is 6.41. The van der Waals surface area contributed by atoms with Crippen LogP contribution in [0.15, 0.2) is 30.7 Å². The Morgan fingerprint density at radius 1 is 1.19 bits per heavy atom. The maximum atomic E-state index is 14.3. The van der Waals surface area contributed by atoms with Gasteiger partial charge in [-0.15, -0.1) is 0 Å². The fraction of sp³-hybridized carbons (Fsp3) is 0.538. The number of anilines is 1. The van der Waals surface area contributed by atoms with E-state index in [4.69, 9.17) is 9.84 Å². The SMILES string of the molecule is CC(C)N(C(=O)c1cc(F)ccc1Oc1cncnc1N1CCC(NC(=O)O)CC1)C(C)C(C)(C)C. The minimum absolute atomic E-state index is 0.112. The number of piperidine rings is 1. The minimum Gasteiger partial charge on any atom is -0.465 e. The van der Waals surface area contributed by atoms with Crippen molar-refractivity contribution < 1.29 is 23.8 Å². The number of halogens is 1. The first-order valence-corrected chi connectivity index (χ1v) is 12.2. The standard InChI is InChI=1S/C26H36FN5O4/c1-16(2)32(17(3)26(4,5)6)24(33)20-13-18(27)7-8-21(20)36-22-14-28-15-29-23(22)31-11-9-19(10-12-31)30-25(34)35/h7-8,13-17,19,30H,9-12H2,1-6H3,(H,34,35). The number of ether oxygens (including phenoxy) is 1. The van der Waals surface area contributed by atoms with E-state index in [1.807, 2.05) is 25.7 Å². The van der Waals surface area contributed by atoms with Gasteiger partial charge in [0.25, 0.3) is 5.91 Å². The summed E-state index contributed by atoms with van der Waals surface area (Å²) >= 11 is 0. The maximum absolute atomic E-state index is 14.3. The molecule has 1 saturated heterocycles. The molecule has 1 unspecified atom stereocenters. The molecular formula is C26H36FN5O4. The van der Waals surface area contributed by atoms with E-state index in [9.17, 15) is 14.0 Å². The average Bonchev–Trinajstić information content (AvgIpc) is 2.80. The van der Waals surface area contributed by atoms with E-state index in [1.54, 1.807) is 4.90 Å². The van der Waals surface area contributed by atoms with Crippen LogP contribution in [0, 0.1) is 11.2 Å². The second-order valence-corrected chi connectivity index (χ2v) is 10.5. The van der Waals surface area contributed by atoms with Crippen LogP contribution < -0.4 is 15.0 Å². The number of rotatable bonds is 7. The first-order chi connectivity index (χ1) is 16.9. The van der Waals surface area contributed by atoms with Gasteiger partial charge in [-0.05, 0) is 57.2 Å². The number of hydrogen-bond donors (Lipinski definition) is 2. The molecule has 10 heteroatoms. The molecule has 36 heavy (non-hydrogen) atoms. The molecule has 2 heterocycles. The molecule has 2 aromatic rings. The molecule has 2 N–H and O–H groups in total. The number of carboxylic acid groups (broad SMARTS) is 1. The van der Waals surface area contributed by atoms with Crippen LogP contribution in [0.25, 0.3) is 0 Å². The van der Waals surface area contributed by atoms with Gasteiger partial charge in [0.2, 0.25) is 0 Å². The predicted molar refractivity (Wildman–Crippen MR) is 135 cm³/mol. The first-order valence-electron chi connectivity index (χ1n) is 12.2. The molecule has 1 aromatic carbocycles. The highest BCUT2D eigenvalue weighted by Crippen LogP contribution is 2.35. The third-order valence-corrected chi connectivity index (χ3v) is 6.63. The lowest BCUT2D eigenvalue weighted by Crippen LogP contribution is -2.49. The number of nitrogens with zero attached hydrogens (tertiary/aromatic N) is 4. The average molecular weight is 502 g/mol. The van der Waals surface area contributed by atoms with Crippen molar-refractivity contribution in [2.24, 2.45) is 5.41 Å². The summed E-state index contributed by atoms with van der Waals surface area (Å²) < 4.78 is 20.5. The van der Waals surface area contributed by atoms with Gasteiger partial charge < -0.3 is 25.0 Å². The van der Waals surface area contributed by atoms with Gasteiger partial charge in [-0.25, -0.2) is 19.2 Å². The number of aromatic nitrogens is 2. The molecule has 1 aromatic heterocycles. The zero-order valence-electron chi connectivity index (χ0n) is 21.8. The third-order valence-electron chi connectivity index (χ3n) is 6.63. The highest BCUT2D eigenvalue weighted by Gasteiger charge is 2.34. The van der Waals surface area contributed by atoms with Crippen LogP contribution in [-0.4, -0.2) is 63.2 Å². The lowest BCUT2D eigenvalue weighted by atomic mass is 9.86. The Morgan fingerprint density at radius 2 is 1.86 bits per heavy atom.